The van der Waals surface area contributed by atoms with Crippen LogP contribution in [0.25, 0.3) is 22.4 Å². The van der Waals surface area contributed by atoms with Gasteiger partial charge in [-0.15, -0.1) is 11.3 Å². The van der Waals surface area contributed by atoms with E-state index in [-0.39, 0.29) is 4.90 Å². The fourth-order valence-corrected chi connectivity index (χ4v) is 6.33. The van der Waals surface area contributed by atoms with Crippen LogP contribution in [0.2, 0.25) is 0 Å². The zero-order valence-electron chi connectivity index (χ0n) is 16.8. The first-order chi connectivity index (χ1) is 15.0. The predicted octanol–water partition coefficient (Wildman–Crippen LogP) is 5.39. The summed E-state index contributed by atoms with van der Waals surface area (Å²) in [6, 6.07) is 22.5. The van der Waals surface area contributed by atoms with Gasteiger partial charge in [-0.2, -0.15) is 0 Å². The third-order valence-corrected chi connectivity index (χ3v) is 7.93. The Bertz CT molecular complexity index is 1360. The highest BCUT2D eigenvalue weighted by Gasteiger charge is 2.25. The molecule has 0 saturated carbocycles. The largest absolute Gasteiger partial charge is 0.497 e. The maximum absolute atomic E-state index is 13.3. The Morgan fingerprint density at radius 1 is 0.935 bits per heavy atom. The summed E-state index contributed by atoms with van der Waals surface area (Å²) >= 11 is 1.40. The molecule has 5 nitrogen and oxygen atoms in total. The molecule has 0 bridgehead atoms. The van der Waals surface area contributed by atoms with E-state index >= 15 is 0 Å². The van der Waals surface area contributed by atoms with E-state index < -0.39 is 10.0 Å². The van der Waals surface area contributed by atoms with Crippen LogP contribution in [0.1, 0.15) is 10.4 Å². The molecule has 0 spiro atoms. The zero-order valence-corrected chi connectivity index (χ0v) is 18.5. The number of fused-ring (bicyclic) bond motifs is 3. The Labute approximate surface area is 185 Å². The highest BCUT2D eigenvalue weighted by Crippen LogP contribution is 2.40. The molecule has 0 amide bonds. The fourth-order valence-electron chi connectivity index (χ4n) is 3.89. The highest BCUT2D eigenvalue weighted by molar-refractivity contribution is 7.93. The SMILES string of the molecule is COc1ccc2c(c1)CCc1sc(NS(=O)(=O)c3ccccc3-c3ccccc3)nc1-2. The van der Waals surface area contributed by atoms with Crippen LogP contribution in [0.5, 0.6) is 5.75 Å². The smallest absolute Gasteiger partial charge is 0.264 e. The van der Waals surface area contributed by atoms with E-state index in [0.29, 0.717) is 10.7 Å². The van der Waals surface area contributed by atoms with Crippen LogP contribution in [0.15, 0.2) is 77.7 Å². The number of thiazole rings is 1. The summed E-state index contributed by atoms with van der Waals surface area (Å²) in [6.45, 7) is 0. The first-order valence-corrected chi connectivity index (χ1v) is 12.2. The number of anilines is 1. The van der Waals surface area contributed by atoms with Crippen LogP contribution in [0.4, 0.5) is 5.13 Å². The van der Waals surface area contributed by atoms with Crippen molar-refractivity contribution < 1.29 is 13.2 Å². The summed E-state index contributed by atoms with van der Waals surface area (Å²) in [4.78, 5) is 5.97. The lowest BCUT2D eigenvalue weighted by atomic mass is 9.93. The number of hydrogen-bond donors (Lipinski definition) is 1. The van der Waals surface area contributed by atoms with Gasteiger partial charge in [0.2, 0.25) is 0 Å². The molecule has 1 aromatic heterocycles. The first-order valence-electron chi connectivity index (χ1n) is 9.89. The van der Waals surface area contributed by atoms with E-state index in [2.05, 4.69) is 9.71 Å². The van der Waals surface area contributed by atoms with Crippen molar-refractivity contribution in [3.63, 3.8) is 0 Å². The molecule has 31 heavy (non-hydrogen) atoms. The second kappa shape index (κ2) is 7.83. The van der Waals surface area contributed by atoms with Crippen molar-refractivity contribution in [2.45, 2.75) is 17.7 Å². The number of benzene rings is 3. The number of aryl methyl sites for hydroxylation is 2. The molecule has 156 valence electrons. The van der Waals surface area contributed by atoms with Gasteiger partial charge in [-0.25, -0.2) is 13.4 Å². The van der Waals surface area contributed by atoms with Crippen LogP contribution in [0.3, 0.4) is 0 Å². The Morgan fingerprint density at radius 3 is 2.52 bits per heavy atom. The lowest BCUT2D eigenvalue weighted by Gasteiger charge is -2.15. The lowest BCUT2D eigenvalue weighted by molar-refractivity contribution is 0.414. The number of hydrogen-bond acceptors (Lipinski definition) is 5. The van der Waals surface area contributed by atoms with Gasteiger partial charge in [0.25, 0.3) is 10.0 Å². The van der Waals surface area contributed by atoms with Crippen LogP contribution >= 0.6 is 11.3 Å². The summed E-state index contributed by atoms with van der Waals surface area (Å²) in [5.41, 5.74) is 4.57. The molecule has 3 aromatic carbocycles. The summed E-state index contributed by atoms with van der Waals surface area (Å²) in [5.74, 6) is 0.816. The topological polar surface area (TPSA) is 68.3 Å². The normalized spacial score (nSPS) is 12.7. The molecule has 1 aliphatic rings. The third-order valence-electron chi connectivity index (χ3n) is 5.37. The number of nitrogens with zero attached hydrogens (tertiary/aromatic N) is 1. The number of sulfonamides is 1. The maximum atomic E-state index is 13.3. The maximum Gasteiger partial charge on any atom is 0.264 e. The number of methoxy groups -OCH3 is 1. The van der Waals surface area contributed by atoms with Gasteiger partial charge in [-0.1, -0.05) is 48.5 Å². The van der Waals surface area contributed by atoms with Gasteiger partial charge in [-0.3, -0.25) is 4.72 Å². The Balaban J connectivity index is 1.50. The molecular formula is C24H20N2O3S2. The van der Waals surface area contributed by atoms with E-state index in [9.17, 15) is 8.42 Å². The lowest BCUT2D eigenvalue weighted by Crippen LogP contribution is -2.14. The molecule has 0 radical (unpaired) electrons. The average molecular weight is 449 g/mol. The summed E-state index contributed by atoms with van der Waals surface area (Å²) in [7, 11) is -2.15. The Kier molecular flexibility index (Phi) is 5.00. The van der Waals surface area contributed by atoms with Crippen molar-refractivity contribution in [1.82, 2.24) is 4.98 Å². The van der Waals surface area contributed by atoms with Crippen LogP contribution in [-0.2, 0) is 22.9 Å². The summed E-state index contributed by atoms with van der Waals surface area (Å²) in [5, 5.41) is 0.386. The van der Waals surface area contributed by atoms with E-state index in [1.54, 1.807) is 19.2 Å². The van der Waals surface area contributed by atoms with Crippen molar-refractivity contribution in [2.75, 3.05) is 11.8 Å². The van der Waals surface area contributed by atoms with Crippen molar-refractivity contribution >= 4 is 26.5 Å². The van der Waals surface area contributed by atoms with Crippen LogP contribution in [0, 0.1) is 0 Å². The molecule has 7 heteroatoms. The molecule has 4 aromatic rings. The van der Waals surface area contributed by atoms with Crippen molar-refractivity contribution in [3.05, 3.63) is 83.2 Å². The summed E-state index contributed by atoms with van der Waals surface area (Å²) < 4.78 is 34.6. The van der Waals surface area contributed by atoms with E-state index in [4.69, 9.17) is 4.74 Å². The van der Waals surface area contributed by atoms with Crippen LogP contribution in [-0.4, -0.2) is 20.5 Å². The Morgan fingerprint density at radius 2 is 1.71 bits per heavy atom. The minimum Gasteiger partial charge on any atom is -0.497 e. The molecule has 1 N–H and O–H groups in total. The average Bonchev–Trinajstić information content (AvgIpc) is 3.21. The fraction of sp³-hybridized carbons (Fsp3) is 0.125. The monoisotopic (exact) mass is 448 g/mol. The molecule has 1 heterocycles. The van der Waals surface area contributed by atoms with Gasteiger partial charge in [0.15, 0.2) is 5.13 Å². The number of aromatic nitrogens is 1. The molecule has 0 fully saturated rings. The van der Waals surface area contributed by atoms with Crippen molar-refractivity contribution in [1.29, 1.82) is 0 Å². The number of nitrogens with one attached hydrogen (secondary N) is 1. The molecule has 0 saturated heterocycles. The molecular weight excluding hydrogens is 428 g/mol. The molecule has 0 unspecified atom stereocenters. The van der Waals surface area contributed by atoms with Gasteiger partial charge in [0.1, 0.15) is 5.75 Å². The standard InChI is InChI=1S/C24H20N2O3S2/c1-29-18-12-13-20-17(15-18)11-14-21-23(20)25-24(30-21)26-31(27,28)22-10-6-5-9-19(22)16-7-3-2-4-8-16/h2-10,12-13,15H,11,14H2,1H3,(H,25,26). The van der Waals surface area contributed by atoms with Crippen LogP contribution < -0.4 is 9.46 Å². The van der Waals surface area contributed by atoms with Gasteiger partial charge in [-0.05, 0) is 48.2 Å². The van der Waals surface area contributed by atoms with Crippen molar-refractivity contribution in [3.8, 4) is 28.1 Å². The van der Waals surface area contributed by atoms with E-state index in [0.717, 1.165) is 40.3 Å². The van der Waals surface area contributed by atoms with E-state index in [1.807, 2.05) is 60.7 Å². The van der Waals surface area contributed by atoms with Gasteiger partial charge < -0.3 is 4.74 Å². The van der Waals surface area contributed by atoms with E-state index in [1.165, 1.54) is 16.9 Å². The summed E-state index contributed by atoms with van der Waals surface area (Å²) in [6.07, 6.45) is 1.71. The van der Waals surface area contributed by atoms with Crippen molar-refractivity contribution in [2.24, 2.45) is 0 Å². The second-order valence-corrected chi connectivity index (χ2v) is 10.0. The zero-order chi connectivity index (χ0) is 21.4. The predicted molar refractivity (Wildman–Crippen MR) is 124 cm³/mol. The number of rotatable bonds is 5. The molecule has 5 rings (SSSR count). The quantitative estimate of drug-likeness (QED) is 0.445. The highest BCUT2D eigenvalue weighted by atomic mass is 32.2. The minimum absolute atomic E-state index is 0.236. The molecule has 0 aliphatic heterocycles. The van der Waals surface area contributed by atoms with Gasteiger partial charge in [0, 0.05) is 16.0 Å². The van der Waals surface area contributed by atoms with Gasteiger partial charge in [0.05, 0.1) is 17.7 Å². The van der Waals surface area contributed by atoms with Gasteiger partial charge >= 0.3 is 0 Å². The molecule has 0 atom stereocenters. The first kappa shape index (κ1) is 19.8. The second-order valence-electron chi connectivity index (χ2n) is 7.28. The molecule has 1 aliphatic carbocycles. The minimum atomic E-state index is -3.80. The Hall–Kier alpha value is -3.16. The third kappa shape index (κ3) is 3.71. The number of ether oxygens (including phenoxy) is 1.